The summed E-state index contributed by atoms with van der Waals surface area (Å²) >= 11 is 10.1. The van der Waals surface area contributed by atoms with Gasteiger partial charge in [-0.2, -0.15) is 0 Å². The summed E-state index contributed by atoms with van der Waals surface area (Å²) in [5.74, 6) is 0.310. The van der Waals surface area contributed by atoms with E-state index in [0.29, 0.717) is 22.0 Å². The summed E-state index contributed by atoms with van der Waals surface area (Å²) < 4.78 is 7.39. The molecule has 1 aromatic heterocycles. The van der Waals surface area contributed by atoms with Gasteiger partial charge in [0.15, 0.2) is 11.7 Å². The number of amides is 1. The number of halogens is 1. The number of nitrogens with one attached hydrogen (secondary N) is 2. The minimum Gasteiger partial charge on any atom is -0.507 e. The lowest BCUT2D eigenvalue weighted by Gasteiger charge is -2.11. The van der Waals surface area contributed by atoms with E-state index in [1.165, 1.54) is 11.3 Å². The standard InChI is InChI=1S/C22H16BrN3O3S2/c23-13-5-8-15(9-6-13)29-12-20(28)26-22(30)24-14-7-10-18(27)16(11-14)21-25-17-3-1-2-4-19(17)31-21/h1-11,27H,12H2,(H2,24,26,28,30). The van der Waals surface area contributed by atoms with E-state index >= 15 is 0 Å². The van der Waals surface area contributed by atoms with Crippen LogP contribution in [0.1, 0.15) is 0 Å². The fraction of sp³-hybridized carbons (Fsp3) is 0.0455. The van der Waals surface area contributed by atoms with Gasteiger partial charge in [0.1, 0.15) is 16.5 Å². The molecule has 0 fully saturated rings. The highest BCUT2D eigenvalue weighted by Gasteiger charge is 2.12. The Morgan fingerprint density at radius 2 is 1.90 bits per heavy atom. The molecule has 1 heterocycles. The summed E-state index contributed by atoms with van der Waals surface area (Å²) in [4.78, 5) is 16.7. The molecule has 0 spiro atoms. The summed E-state index contributed by atoms with van der Waals surface area (Å²) in [6.45, 7) is -0.171. The first-order valence-corrected chi connectivity index (χ1v) is 11.2. The number of benzene rings is 3. The number of hydrogen-bond acceptors (Lipinski definition) is 6. The lowest BCUT2D eigenvalue weighted by molar-refractivity contribution is -0.121. The van der Waals surface area contributed by atoms with Gasteiger partial charge in [-0.05, 0) is 66.8 Å². The second-order valence-electron chi connectivity index (χ2n) is 6.46. The fourth-order valence-corrected chi connectivity index (χ4v) is 4.26. The number of phenolic OH excluding ortho intramolecular Hbond substituents is 1. The number of nitrogens with zero attached hydrogens (tertiary/aromatic N) is 1. The van der Waals surface area contributed by atoms with Crippen LogP contribution in [0.15, 0.2) is 71.2 Å². The number of fused-ring (bicyclic) bond motifs is 1. The molecule has 0 saturated carbocycles. The zero-order chi connectivity index (χ0) is 21.8. The maximum absolute atomic E-state index is 12.1. The number of aromatic nitrogens is 1. The summed E-state index contributed by atoms with van der Waals surface area (Å²) in [6.07, 6.45) is 0. The van der Waals surface area contributed by atoms with Crippen LogP contribution in [0.25, 0.3) is 20.8 Å². The molecule has 0 radical (unpaired) electrons. The minimum absolute atomic E-state index is 0.113. The summed E-state index contributed by atoms with van der Waals surface area (Å²) in [5.41, 5.74) is 2.07. The van der Waals surface area contributed by atoms with Crippen molar-refractivity contribution in [3.8, 4) is 22.1 Å². The van der Waals surface area contributed by atoms with E-state index in [2.05, 4.69) is 31.5 Å². The van der Waals surface area contributed by atoms with E-state index in [4.69, 9.17) is 17.0 Å². The highest BCUT2D eigenvalue weighted by Crippen LogP contribution is 2.36. The zero-order valence-electron chi connectivity index (χ0n) is 16.0. The van der Waals surface area contributed by atoms with Crippen LogP contribution in [0.5, 0.6) is 11.5 Å². The Hall–Kier alpha value is -3.01. The van der Waals surface area contributed by atoms with Crippen molar-refractivity contribution in [3.05, 3.63) is 71.2 Å². The van der Waals surface area contributed by atoms with E-state index in [1.54, 1.807) is 30.3 Å². The molecule has 6 nitrogen and oxygen atoms in total. The number of para-hydroxylation sites is 1. The average Bonchev–Trinajstić information content (AvgIpc) is 3.18. The highest BCUT2D eigenvalue weighted by molar-refractivity contribution is 9.10. The maximum Gasteiger partial charge on any atom is 0.264 e. The first kappa shape index (κ1) is 21.2. The van der Waals surface area contributed by atoms with Crippen LogP contribution in [0.4, 0.5) is 5.69 Å². The first-order chi connectivity index (χ1) is 15.0. The van der Waals surface area contributed by atoms with E-state index in [1.807, 2.05) is 36.4 Å². The van der Waals surface area contributed by atoms with Gasteiger partial charge < -0.3 is 15.2 Å². The Kier molecular flexibility index (Phi) is 6.45. The predicted molar refractivity (Wildman–Crippen MR) is 131 cm³/mol. The molecule has 0 aliphatic carbocycles. The normalized spacial score (nSPS) is 10.6. The van der Waals surface area contributed by atoms with Crippen LogP contribution >= 0.6 is 39.5 Å². The molecule has 4 rings (SSSR count). The molecule has 156 valence electrons. The molecule has 0 aliphatic heterocycles. The van der Waals surface area contributed by atoms with Gasteiger partial charge in [-0.15, -0.1) is 11.3 Å². The zero-order valence-corrected chi connectivity index (χ0v) is 19.2. The van der Waals surface area contributed by atoms with Gasteiger partial charge >= 0.3 is 0 Å². The van der Waals surface area contributed by atoms with Crippen molar-refractivity contribution >= 4 is 66.4 Å². The number of rotatable bonds is 5. The van der Waals surface area contributed by atoms with Gasteiger partial charge in [-0.25, -0.2) is 4.98 Å². The van der Waals surface area contributed by atoms with Crippen LogP contribution < -0.4 is 15.4 Å². The number of carbonyl (C=O) groups is 1. The smallest absolute Gasteiger partial charge is 0.264 e. The molecule has 3 aromatic carbocycles. The van der Waals surface area contributed by atoms with Crippen LogP contribution in [-0.4, -0.2) is 27.7 Å². The Morgan fingerprint density at radius 3 is 2.68 bits per heavy atom. The third-order valence-electron chi connectivity index (χ3n) is 4.22. The number of aromatic hydroxyl groups is 1. The lowest BCUT2D eigenvalue weighted by atomic mass is 10.2. The summed E-state index contributed by atoms with van der Waals surface area (Å²) in [5, 5.41) is 16.7. The van der Waals surface area contributed by atoms with E-state index in [-0.39, 0.29) is 23.4 Å². The predicted octanol–water partition coefficient (Wildman–Crippen LogP) is 5.32. The molecule has 0 bridgehead atoms. The second-order valence-corrected chi connectivity index (χ2v) is 8.82. The van der Waals surface area contributed by atoms with Gasteiger partial charge in [0, 0.05) is 10.2 Å². The van der Waals surface area contributed by atoms with Crippen LogP contribution in [0.3, 0.4) is 0 Å². The van der Waals surface area contributed by atoms with E-state index in [9.17, 15) is 9.90 Å². The number of ether oxygens (including phenoxy) is 1. The Balaban J connectivity index is 1.39. The van der Waals surface area contributed by atoms with Gasteiger partial charge in [0.2, 0.25) is 0 Å². The highest BCUT2D eigenvalue weighted by atomic mass is 79.9. The van der Waals surface area contributed by atoms with Crippen molar-refractivity contribution in [2.24, 2.45) is 0 Å². The number of thiocarbonyl (C=S) groups is 1. The van der Waals surface area contributed by atoms with Crippen molar-refractivity contribution in [3.63, 3.8) is 0 Å². The first-order valence-electron chi connectivity index (χ1n) is 9.16. The Bertz CT molecular complexity index is 1230. The third kappa shape index (κ3) is 5.38. The molecule has 1 amide bonds. The quantitative estimate of drug-likeness (QED) is 0.247. The van der Waals surface area contributed by atoms with Crippen molar-refractivity contribution in [2.45, 2.75) is 0 Å². The average molecular weight is 514 g/mol. The van der Waals surface area contributed by atoms with Gasteiger partial charge in [-0.1, -0.05) is 28.1 Å². The largest absolute Gasteiger partial charge is 0.507 e. The second kappa shape index (κ2) is 9.42. The lowest BCUT2D eigenvalue weighted by Crippen LogP contribution is -2.37. The van der Waals surface area contributed by atoms with Crippen LogP contribution in [0, 0.1) is 0 Å². The van der Waals surface area contributed by atoms with Crippen molar-refractivity contribution in [1.29, 1.82) is 0 Å². The molecule has 31 heavy (non-hydrogen) atoms. The molecule has 9 heteroatoms. The molecule has 0 aliphatic rings. The molecule has 3 N–H and O–H groups in total. The van der Waals surface area contributed by atoms with Crippen molar-refractivity contribution in [2.75, 3.05) is 11.9 Å². The number of anilines is 1. The van der Waals surface area contributed by atoms with Crippen molar-refractivity contribution in [1.82, 2.24) is 10.3 Å². The molecule has 0 atom stereocenters. The van der Waals surface area contributed by atoms with E-state index in [0.717, 1.165) is 14.7 Å². The van der Waals surface area contributed by atoms with E-state index < -0.39 is 0 Å². The maximum atomic E-state index is 12.1. The number of hydrogen-bond donors (Lipinski definition) is 3. The van der Waals surface area contributed by atoms with Crippen LogP contribution in [0.2, 0.25) is 0 Å². The monoisotopic (exact) mass is 513 g/mol. The van der Waals surface area contributed by atoms with Gasteiger partial charge in [0.05, 0.1) is 15.8 Å². The molecule has 0 saturated heterocycles. The van der Waals surface area contributed by atoms with Crippen molar-refractivity contribution < 1.29 is 14.6 Å². The van der Waals surface area contributed by atoms with Gasteiger partial charge in [0.25, 0.3) is 5.91 Å². The fourth-order valence-electron chi connectivity index (χ4n) is 2.78. The molecule has 4 aromatic rings. The Labute approximate surface area is 196 Å². The van der Waals surface area contributed by atoms with Crippen LogP contribution in [-0.2, 0) is 4.79 Å². The number of phenols is 1. The number of carbonyl (C=O) groups excluding carboxylic acids is 1. The molecular weight excluding hydrogens is 498 g/mol. The molecular formula is C22H16BrN3O3S2. The summed E-state index contributed by atoms with van der Waals surface area (Å²) in [7, 11) is 0. The SMILES string of the molecule is O=C(COc1ccc(Br)cc1)NC(=S)Nc1ccc(O)c(-c2nc3ccccc3s2)c1. The molecule has 0 unspecified atom stereocenters. The third-order valence-corrected chi connectivity index (χ3v) is 6.02. The Morgan fingerprint density at radius 1 is 1.13 bits per heavy atom. The summed E-state index contributed by atoms with van der Waals surface area (Å²) in [6, 6.07) is 19.9. The minimum atomic E-state index is -0.384. The van der Waals surface area contributed by atoms with Gasteiger partial charge in [-0.3, -0.25) is 10.1 Å². The topological polar surface area (TPSA) is 83.5 Å². The number of thiazole rings is 1.